The molecule has 0 bridgehead atoms. The van der Waals surface area contributed by atoms with Gasteiger partial charge in [-0.3, -0.25) is 0 Å². The van der Waals surface area contributed by atoms with Crippen LogP contribution in [0.5, 0.6) is 0 Å². The first kappa shape index (κ1) is 15.6. The van der Waals surface area contributed by atoms with Gasteiger partial charge in [0.1, 0.15) is 0 Å². The lowest BCUT2D eigenvalue weighted by Gasteiger charge is -2.30. The quantitative estimate of drug-likeness (QED) is 0.476. The van der Waals surface area contributed by atoms with Gasteiger partial charge in [0.2, 0.25) is 0 Å². The molecule has 1 aliphatic heterocycles. The van der Waals surface area contributed by atoms with Crippen LogP contribution in [0.1, 0.15) is 27.0 Å². The number of fused-ring (bicyclic) bond motifs is 1. The second-order valence-electron chi connectivity index (χ2n) is 5.63. The van der Waals surface area contributed by atoms with Gasteiger partial charge in [0.15, 0.2) is 5.60 Å². The van der Waals surface area contributed by atoms with E-state index in [-0.39, 0.29) is 5.97 Å². The lowest BCUT2D eigenvalue weighted by Crippen LogP contribution is -2.29. The van der Waals surface area contributed by atoms with Gasteiger partial charge < -0.3 is 4.74 Å². The van der Waals surface area contributed by atoms with E-state index in [1.807, 2.05) is 72.8 Å². The predicted octanol–water partition coefficient (Wildman–Crippen LogP) is 5.67. The van der Waals surface area contributed by atoms with Gasteiger partial charge in [0, 0.05) is 25.6 Å². The van der Waals surface area contributed by atoms with E-state index in [1.165, 1.54) is 0 Å². The molecule has 1 aliphatic rings. The Morgan fingerprint density at radius 1 is 0.708 bits per heavy atom. The molecule has 3 aromatic carbocycles. The summed E-state index contributed by atoms with van der Waals surface area (Å²) in [6.45, 7) is 0. The monoisotopic (exact) mass is 442 g/mol. The largest absolute Gasteiger partial charge is 0.441 e. The number of carbonyl (C=O) groups is 1. The molecule has 0 N–H and O–H groups in total. The van der Waals surface area contributed by atoms with Crippen LogP contribution < -0.4 is 0 Å². The van der Waals surface area contributed by atoms with Crippen LogP contribution in [-0.4, -0.2) is 5.97 Å². The molecule has 0 unspecified atom stereocenters. The SMILES string of the molecule is O=C1OC(c2ccc(Br)cc2)(c2ccc(Br)cc2)c2ccccc21. The van der Waals surface area contributed by atoms with Crippen molar-refractivity contribution in [3.8, 4) is 0 Å². The van der Waals surface area contributed by atoms with E-state index in [9.17, 15) is 4.79 Å². The molecule has 0 amide bonds. The Hall–Kier alpha value is -1.91. The summed E-state index contributed by atoms with van der Waals surface area (Å²) in [7, 11) is 0. The molecule has 24 heavy (non-hydrogen) atoms. The first-order chi connectivity index (χ1) is 11.6. The molecule has 0 atom stereocenters. The van der Waals surface area contributed by atoms with Gasteiger partial charge in [-0.2, -0.15) is 0 Å². The number of hydrogen-bond acceptors (Lipinski definition) is 2. The fourth-order valence-electron chi connectivity index (χ4n) is 3.18. The Kier molecular flexibility index (Phi) is 3.82. The van der Waals surface area contributed by atoms with Gasteiger partial charge in [0.25, 0.3) is 0 Å². The van der Waals surface area contributed by atoms with E-state index in [0.717, 1.165) is 25.6 Å². The zero-order valence-corrected chi connectivity index (χ0v) is 15.7. The first-order valence-corrected chi connectivity index (χ1v) is 9.05. The summed E-state index contributed by atoms with van der Waals surface area (Å²) in [6.07, 6.45) is 0. The topological polar surface area (TPSA) is 26.3 Å². The fourth-order valence-corrected chi connectivity index (χ4v) is 3.71. The Morgan fingerprint density at radius 3 is 1.75 bits per heavy atom. The molecule has 0 aromatic heterocycles. The van der Waals surface area contributed by atoms with E-state index in [4.69, 9.17) is 4.74 Å². The van der Waals surface area contributed by atoms with Crippen molar-refractivity contribution >= 4 is 37.8 Å². The molecular weight excluding hydrogens is 432 g/mol. The predicted molar refractivity (Wildman–Crippen MR) is 100 cm³/mol. The number of esters is 1. The maximum atomic E-state index is 12.5. The van der Waals surface area contributed by atoms with Crippen molar-refractivity contribution in [2.45, 2.75) is 5.60 Å². The van der Waals surface area contributed by atoms with Crippen molar-refractivity contribution in [3.63, 3.8) is 0 Å². The van der Waals surface area contributed by atoms with Gasteiger partial charge in [-0.05, 0) is 30.3 Å². The highest BCUT2D eigenvalue weighted by molar-refractivity contribution is 9.10. The lowest BCUT2D eigenvalue weighted by molar-refractivity contribution is 0.0251. The Morgan fingerprint density at radius 2 is 1.21 bits per heavy atom. The average molecular weight is 444 g/mol. The minimum absolute atomic E-state index is 0.295. The van der Waals surface area contributed by atoms with Crippen LogP contribution in [0.3, 0.4) is 0 Å². The van der Waals surface area contributed by atoms with Crippen LogP contribution in [0.15, 0.2) is 81.7 Å². The smallest absolute Gasteiger partial charge is 0.340 e. The van der Waals surface area contributed by atoms with Gasteiger partial charge in [-0.15, -0.1) is 0 Å². The molecule has 0 saturated heterocycles. The van der Waals surface area contributed by atoms with Gasteiger partial charge >= 0.3 is 5.97 Å². The highest BCUT2D eigenvalue weighted by Crippen LogP contribution is 2.47. The number of ether oxygens (including phenoxy) is 1. The molecule has 4 heteroatoms. The molecule has 0 radical (unpaired) electrons. The summed E-state index contributed by atoms with van der Waals surface area (Å²) < 4.78 is 7.96. The maximum Gasteiger partial charge on any atom is 0.340 e. The van der Waals surface area contributed by atoms with Crippen LogP contribution in [0.25, 0.3) is 0 Å². The van der Waals surface area contributed by atoms with E-state index < -0.39 is 5.60 Å². The lowest BCUT2D eigenvalue weighted by atomic mass is 9.80. The molecule has 1 heterocycles. The molecule has 4 rings (SSSR count). The molecule has 0 saturated carbocycles. The first-order valence-electron chi connectivity index (χ1n) is 7.46. The average Bonchev–Trinajstić information content (AvgIpc) is 2.91. The van der Waals surface area contributed by atoms with Crippen LogP contribution in [0.4, 0.5) is 0 Å². The minimum atomic E-state index is -0.922. The Labute approximate surface area is 156 Å². The van der Waals surface area contributed by atoms with Gasteiger partial charge in [-0.25, -0.2) is 4.79 Å². The molecule has 0 spiro atoms. The summed E-state index contributed by atoms with van der Waals surface area (Å²) in [6, 6.07) is 23.4. The van der Waals surface area contributed by atoms with Crippen LogP contribution in [0.2, 0.25) is 0 Å². The van der Waals surface area contributed by atoms with Crippen LogP contribution >= 0.6 is 31.9 Å². The summed E-state index contributed by atoms with van der Waals surface area (Å²) in [5.74, 6) is -0.295. The third kappa shape index (κ3) is 2.33. The zero-order chi connectivity index (χ0) is 16.7. The Bertz CT molecular complexity index is 870. The van der Waals surface area contributed by atoms with E-state index in [2.05, 4.69) is 31.9 Å². The summed E-state index contributed by atoms with van der Waals surface area (Å²) in [4.78, 5) is 12.5. The summed E-state index contributed by atoms with van der Waals surface area (Å²) in [5.41, 5.74) is 2.41. The number of carbonyl (C=O) groups excluding carboxylic acids is 1. The normalized spacial score (nSPS) is 15.0. The van der Waals surface area contributed by atoms with Crippen LogP contribution in [0, 0.1) is 0 Å². The summed E-state index contributed by atoms with van der Waals surface area (Å²) in [5, 5.41) is 0. The maximum absolute atomic E-state index is 12.5. The van der Waals surface area contributed by atoms with Crippen molar-refractivity contribution in [2.75, 3.05) is 0 Å². The van der Waals surface area contributed by atoms with E-state index in [0.29, 0.717) is 5.56 Å². The third-order valence-corrected chi connectivity index (χ3v) is 5.33. The van der Waals surface area contributed by atoms with Gasteiger partial charge in [0.05, 0.1) is 5.56 Å². The van der Waals surface area contributed by atoms with E-state index >= 15 is 0 Å². The Balaban J connectivity index is 2.03. The number of halogens is 2. The molecule has 0 aliphatic carbocycles. The highest BCUT2D eigenvalue weighted by Gasteiger charge is 2.48. The number of cyclic esters (lactones) is 1. The molecular formula is C20H12Br2O2. The number of rotatable bonds is 2. The fraction of sp³-hybridized carbons (Fsp3) is 0.0500. The molecule has 0 fully saturated rings. The van der Waals surface area contributed by atoms with Gasteiger partial charge in [-0.1, -0.05) is 74.3 Å². The number of hydrogen-bond donors (Lipinski definition) is 0. The van der Waals surface area contributed by atoms with Crippen molar-refractivity contribution < 1.29 is 9.53 Å². The number of benzene rings is 3. The van der Waals surface area contributed by atoms with Crippen molar-refractivity contribution in [1.82, 2.24) is 0 Å². The standard InChI is InChI=1S/C20H12Br2O2/c21-15-9-5-13(6-10-15)20(14-7-11-16(22)12-8-14)18-4-2-1-3-17(18)19(23)24-20/h1-12H. The minimum Gasteiger partial charge on any atom is -0.441 e. The molecule has 3 aromatic rings. The highest BCUT2D eigenvalue weighted by atomic mass is 79.9. The third-order valence-electron chi connectivity index (χ3n) is 4.27. The van der Waals surface area contributed by atoms with Crippen molar-refractivity contribution in [3.05, 3.63) is 104 Å². The summed E-state index contributed by atoms with van der Waals surface area (Å²) >= 11 is 6.93. The zero-order valence-electron chi connectivity index (χ0n) is 12.5. The van der Waals surface area contributed by atoms with Crippen molar-refractivity contribution in [2.24, 2.45) is 0 Å². The van der Waals surface area contributed by atoms with Crippen molar-refractivity contribution in [1.29, 1.82) is 0 Å². The molecule has 118 valence electrons. The van der Waals surface area contributed by atoms with Crippen LogP contribution in [-0.2, 0) is 10.3 Å². The molecule has 2 nitrogen and oxygen atoms in total. The van der Waals surface area contributed by atoms with E-state index in [1.54, 1.807) is 0 Å². The second-order valence-corrected chi connectivity index (χ2v) is 7.46. The second kappa shape index (κ2) is 5.87.